The van der Waals surface area contributed by atoms with Crippen molar-refractivity contribution in [3.05, 3.63) is 11.9 Å². The molecule has 0 aromatic rings. The smallest absolute Gasteiger partial charge is 0.227 e. The summed E-state index contributed by atoms with van der Waals surface area (Å²) in [6.07, 6.45) is 17.8. The second kappa shape index (κ2) is 13.4. The van der Waals surface area contributed by atoms with E-state index >= 15 is 0 Å². The normalized spacial score (nSPS) is 30.5. The molecule has 2 rings (SSSR count). The van der Waals surface area contributed by atoms with Gasteiger partial charge in [0.15, 0.2) is 0 Å². The van der Waals surface area contributed by atoms with Crippen molar-refractivity contribution in [1.82, 2.24) is 10.3 Å². The van der Waals surface area contributed by atoms with Crippen LogP contribution in [0.2, 0.25) is 18.5 Å². The summed E-state index contributed by atoms with van der Waals surface area (Å²) >= 11 is 0. The second-order valence-corrected chi connectivity index (χ2v) is 9.38. The van der Waals surface area contributed by atoms with Crippen molar-refractivity contribution in [2.45, 2.75) is 121 Å². The second-order valence-electron chi connectivity index (χ2n) is 9.38. The molecule has 0 bridgehead atoms. The lowest BCUT2D eigenvalue weighted by Crippen LogP contribution is -2.40. The number of hydrogen-bond donors (Lipinski definition) is 2. The Balaban J connectivity index is 1.81. The third kappa shape index (κ3) is 9.19. The predicted molar refractivity (Wildman–Crippen MR) is 125 cm³/mol. The van der Waals surface area contributed by atoms with Crippen LogP contribution in [0, 0.1) is 5.92 Å². The van der Waals surface area contributed by atoms with E-state index in [0.717, 1.165) is 62.9 Å². The van der Waals surface area contributed by atoms with E-state index in [9.17, 15) is 4.79 Å². The zero-order valence-electron chi connectivity index (χ0n) is 18.9. The first-order chi connectivity index (χ1) is 14.0. The molecule has 0 atom stereocenters. The van der Waals surface area contributed by atoms with Crippen molar-refractivity contribution in [3.63, 3.8) is 0 Å². The van der Waals surface area contributed by atoms with Crippen LogP contribution >= 0.6 is 0 Å². The van der Waals surface area contributed by atoms with Crippen LogP contribution in [0.1, 0.15) is 96.8 Å². The van der Waals surface area contributed by atoms with E-state index in [0.29, 0.717) is 11.9 Å². The average Bonchev–Trinajstić information content (AvgIpc) is 2.70. The van der Waals surface area contributed by atoms with Crippen LogP contribution in [0.4, 0.5) is 0 Å². The van der Waals surface area contributed by atoms with Crippen molar-refractivity contribution in [2.75, 3.05) is 0 Å². The SMILES string of the molecule is [B]C1CCCCCC(C(=O)N/C(C)=C/N(N)C2CCC([B]C)CC2)CCCCC1. The number of nitrogens with two attached hydrogens (primary N) is 1. The summed E-state index contributed by atoms with van der Waals surface area (Å²) < 4.78 is 0. The maximum atomic E-state index is 12.9. The van der Waals surface area contributed by atoms with Gasteiger partial charge in [-0.25, -0.2) is 5.84 Å². The van der Waals surface area contributed by atoms with Crippen molar-refractivity contribution in [1.29, 1.82) is 0 Å². The number of amides is 1. The highest BCUT2D eigenvalue weighted by Crippen LogP contribution is 2.30. The highest BCUT2D eigenvalue weighted by Gasteiger charge is 2.23. The van der Waals surface area contributed by atoms with Crippen molar-refractivity contribution in [2.24, 2.45) is 11.8 Å². The summed E-state index contributed by atoms with van der Waals surface area (Å²) in [6, 6.07) is 0.380. The Labute approximate surface area is 181 Å². The molecule has 0 aromatic heterocycles. The van der Waals surface area contributed by atoms with Gasteiger partial charge in [-0.3, -0.25) is 4.79 Å². The molecule has 0 unspecified atom stereocenters. The van der Waals surface area contributed by atoms with Gasteiger partial charge < -0.3 is 10.3 Å². The maximum Gasteiger partial charge on any atom is 0.227 e. The van der Waals surface area contributed by atoms with Gasteiger partial charge in [-0.15, -0.1) is 0 Å². The van der Waals surface area contributed by atoms with Crippen LogP contribution in [0.25, 0.3) is 0 Å². The highest BCUT2D eigenvalue weighted by atomic mass is 16.1. The van der Waals surface area contributed by atoms with Crippen LogP contribution in [0.5, 0.6) is 0 Å². The molecule has 2 aliphatic carbocycles. The van der Waals surface area contributed by atoms with E-state index in [-0.39, 0.29) is 11.8 Å². The molecule has 1 amide bonds. The van der Waals surface area contributed by atoms with Crippen LogP contribution in [-0.2, 0) is 4.79 Å². The number of rotatable bonds is 5. The molecule has 3 N–H and O–H groups in total. The van der Waals surface area contributed by atoms with E-state index in [4.69, 9.17) is 13.7 Å². The zero-order chi connectivity index (χ0) is 21.1. The first kappa shape index (κ1) is 24.4. The molecule has 2 saturated carbocycles. The summed E-state index contributed by atoms with van der Waals surface area (Å²) in [5, 5.41) is 4.96. The Morgan fingerprint density at radius 3 is 2.07 bits per heavy atom. The highest BCUT2D eigenvalue weighted by molar-refractivity contribution is 6.35. The summed E-state index contributed by atoms with van der Waals surface area (Å²) in [5.41, 5.74) is 0.860. The van der Waals surface area contributed by atoms with E-state index in [2.05, 4.69) is 19.4 Å². The van der Waals surface area contributed by atoms with Gasteiger partial charge in [0.1, 0.15) is 7.28 Å². The summed E-state index contributed by atoms with van der Waals surface area (Å²) in [6.45, 7) is 4.11. The monoisotopic (exact) mass is 398 g/mol. The Hall–Kier alpha value is -0.900. The van der Waals surface area contributed by atoms with Crippen LogP contribution in [0.3, 0.4) is 0 Å². The van der Waals surface area contributed by atoms with Crippen LogP contribution < -0.4 is 11.2 Å². The lowest BCUT2D eigenvalue weighted by atomic mass is 9.60. The van der Waals surface area contributed by atoms with E-state index in [1.807, 2.05) is 18.1 Å². The van der Waals surface area contributed by atoms with Gasteiger partial charge in [0, 0.05) is 23.9 Å². The molecule has 4 nitrogen and oxygen atoms in total. The van der Waals surface area contributed by atoms with E-state index < -0.39 is 0 Å². The molecule has 3 radical (unpaired) electrons. The minimum absolute atomic E-state index is 0.119. The number of nitrogens with zero attached hydrogens (tertiary/aromatic N) is 1. The molecule has 6 heteroatoms. The Morgan fingerprint density at radius 1 is 0.966 bits per heavy atom. The minimum Gasteiger partial charge on any atom is -0.328 e. The number of nitrogens with one attached hydrogen (secondary N) is 1. The molecular formula is C23H42B2N3O. The summed E-state index contributed by atoms with van der Waals surface area (Å²) in [7, 11) is 8.48. The maximum absolute atomic E-state index is 12.9. The third-order valence-corrected chi connectivity index (χ3v) is 6.92. The number of carbonyl (C=O) groups is 1. The average molecular weight is 398 g/mol. The summed E-state index contributed by atoms with van der Waals surface area (Å²) in [4.78, 5) is 12.9. The molecule has 29 heavy (non-hydrogen) atoms. The van der Waals surface area contributed by atoms with Crippen LogP contribution in [-0.4, -0.2) is 32.1 Å². The molecule has 0 aromatic carbocycles. The van der Waals surface area contributed by atoms with E-state index in [1.54, 1.807) is 0 Å². The number of hydrazine groups is 1. The number of allylic oxidation sites excluding steroid dienone is 1. The first-order valence-electron chi connectivity index (χ1n) is 12.1. The van der Waals surface area contributed by atoms with Gasteiger partial charge in [0.05, 0.1) is 7.85 Å². The Bertz CT molecular complexity index is 492. The van der Waals surface area contributed by atoms with E-state index in [1.165, 1.54) is 38.5 Å². The van der Waals surface area contributed by atoms with Gasteiger partial charge in [0.2, 0.25) is 5.91 Å². The zero-order valence-corrected chi connectivity index (χ0v) is 18.9. The predicted octanol–water partition coefficient (Wildman–Crippen LogP) is 5.11. The van der Waals surface area contributed by atoms with Gasteiger partial charge in [-0.1, -0.05) is 82.7 Å². The number of hydrogen-bond acceptors (Lipinski definition) is 3. The van der Waals surface area contributed by atoms with Gasteiger partial charge >= 0.3 is 0 Å². The molecule has 0 spiro atoms. The van der Waals surface area contributed by atoms with Crippen molar-refractivity contribution >= 4 is 21.0 Å². The first-order valence-corrected chi connectivity index (χ1v) is 12.1. The Kier molecular flexibility index (Phi) is 11.3. The van der Waals surface area contributed by atoms with Crippen molar-refractivity contribution in [3.8, 4) is 0 Å². The molecule has 0 saturated heterocycles. The molecule has 2 aliphatic rings. The lowest BCUT2D eigenvalue weighted by molar-refractivity contribution is -0.124. The molecule has 0 heterocycles. The third-order valence-electron chi connectivity index (χ3n) is 6.92. The fourth-order valence-corrected chi connectivity index (χ4v) is 4.89. The van der Waals surface area contributed by atoms with Crippen molar-refractivity contribution < 1.29 is 4.79 Å². The Morgan fingerprint density at radius 2 is 1.52 bits per heavy atom. The molecular weight excluding hydrogens is 356 g/mol. The number of carbonyl (C=O) groups excluding carboxylic acids is 1. The standard InChI is InChI=1S/C23H42B2N3O/c1-18(17-28(26)22-15-13-21(25-2)14-16-22)27-23(29)19-9-5-3-7-11-20(24)12-8-4-6-10-19/h17,19-22H,3-16,26H2,1-2H3,(H,27,29)/b18-17+. The minimum atomic E-state index is 0.119. The topological polar surface area (TPSA) is 58.4 Å². The van der Waals surface area contributed by atoms with Gasteiger partial charge in [0.25, 0.3) is 0 Å². The quantitative estimate of drug-likeness (QED) is 0.384. The van der Waals surface area contributed by atoms with Gasteiger partial charge in [-0.05, 0) is 32.6 Å². The largest absolute Gasteiger partial charge is 0.328 e. The fourth-order valence-electron chi connectivity index (χ4n) is 4.89. The van der Waals surface area contributed by atoms with Crippen LogP contribution in [0.15, 0.2) is 11.9 Å². The van der Waals surface area contributed by atoms with Gasteiger partial charge in [-0.2, -0.15) is 0 Å². The fraction of sp³-hybridized carbons (Fsp3) is 0.870. The summed E-state index contributed by atoms with van der Waals surface area (Å²) in [5.74, 6) is 7.70. The molecule has 2 fully saturated rings. The lowest BCUT2D eigenvalue weighted by Gasteiger charge is -2.33. The molecule has 0 aliphatic heterocycles. The molecule has 161 valence electrons.